The number of Topliss-reactive ketones (excluding diaryl/α,β-unsaturated/α-hetero) is 1. The number of amides is 2. The Morgan fingerprint density at radius 1 is 1.13 bits per heavy atom. The summed E-state index contributed by atoms with van der Waals surface area (Å²) in [7, 11) is 0. The number of aromatic nitrogens is 1. The third kappa shape index (κ3) is 3.97. The maximum absolute atomic E-state index is 13.5. The molecule has 7 nitrogen and oxygen atoms in total. The summed E-state index contributed by atoms with van der Waals surface area (Å²) in [4.78, 5) is 38.4. The van der Waals surface area contributed by atoms with Gasteiger partial charge in [-0.3, -0.25) is 14.4 Å². The Morgan fingerprint density at radius 3 is 2.55 bits per heavy atom. The molecule has 4 rings (SSSR count). The van der Waals surface area contributed by atoms with Crippen LogP contribution in [0.1, 0.15) is 57.8 Å². The zero-order valence-electron chi connectivity index (χ0n) is 17.0. The molecule has 3 N–H and O–H groups in total. The average molecular weight is 431 g/mol. The van der Waals surface area contributed by atoms with E-state index in [-0.39, 0.29) is 23.0 Å². The van der Waals surface area contributed by atoms with Crippen LogP contribution >= 0.6 is 0 Å². The first-order valence-electron chi connectivity index (χ1n) is 10.3. The molecule has 2 heterocycles. The predicted molar refractivity (Wildman–Crippen MR) is 108 cm³/mol. The van der Waals surface area contributed by atoms with Gasteiger partial charge >= 0.3 is 0 Å². The molecule has 1 aromatic heterocycles. The maximum Gasteiger partial charge on any atom is 0.294 e. The lowest BCUT2D eigenvalue weighted by atomic mass is 9.89. The van der Waals surface area contributed by atoms with Crippen LogP contribution in [0.25, 0.3) is 0 Å². The first-order valence-corrected chi connectivity index (χ1v) is 10.3. The Labute approximate surface area is 177 Å². The average Bonchev–Trinajstić information content (AvgIpc) is 3.00. The predicted octanol–water partition coefficient (Wildman–Crippen LogP) is 2.49. The Balaban J connectivity index is 1.63. The van der Waals surface area contributed by atoms with E-state index in [0.717, 1.165) is 25.0 Å². The lowest BCUT2D eigenvalue weighted by Crippen LogP contribution is -2.49. The molecular formula is C22H23F2N3O4. The summed E-state index contributed by atoms with van der Waals surface area (Å²) < 4.78 is 28.4. The molecule has 9 heteroatoms. The summed E-state index contributed by atoms with van der Waals surface area (Å²) in [5.41, 5.74) is 1.57. The third-order valence-corrected chi connectivity index (χ3v) is 5.93. The van der Waals surface area contributed by atoms with Gasteiger partial charge in [-0.1, -0.05) is 0 Å². The van der Waals surface area contributed by atoms with Crippen LogP contribution in [0.15, 0.2) is 18.2 Å². The second-order valence-corrected chi connectivity index (χ2v) is 8.11. The molecule has 0 unspecified atom stereocenters. The Bertz CT molecular complexity index is 1070. The minimum absolute atomic E-state index is 0.0909. The van der Waals surface area contributed by atoms with Crippen molar-refractivity contribution in [3.05, 3.63) is 52.3 Å². The number of carbonyl (C=O) groups excluding carboxylic acids is 3. The first kappa shape index (κ1) is 21.2. The molecule has 0 bridgehead atoms. The van der Waals surface area contributed by atoms with Crippen LogP contribution in [0, 0.1) is 18.6 Å². The number of benzene rings is 1. The van der Waals surface area contributed by atoms with E-state index in [4.69, 9.17) is 0 Å². The van der Waals surface area contributed by atoms with Gasteiger partial charge in [0.15, 0.2) is 11.6 Å². The topological polar surface area (TPSA) is 100 Å². The monoisotopic (exact) mass is 431 g/mol. The number of halogens is 2. The van der Waals surface area contributed by atoms with Crippen LogP contribution in [-0.2, 0) is 17.8 Å². The van der Waals surface area contributed by atoms with E-state index in [2.05, 4.69) is 10.6 Å². The fourth-order valence-corrected chi connectivity index (χ4v) is 4.30. The zero-order valence-corrected chi connectivity index (χ0v) is 17.0. The van der Waals surface area contributed by atoms with Crippen molar-refractivity contribution in [2.24, 2.45) is 0 Å². The smallest absolute Gasteiger partial charge is 0.294 e. The number of anilines is 1. The molecule has 2 aliphatic rings. The van der Waals surface area contributed by atoms with Gasteiger partial charge in [-0.25, -0.2) is 8.78 Å². The van der Waals surface area contributed by atoms with E-state index in [0.29, 0.717) is 37.1 Å². The minimum atomic E-state index is -1.08. The number of ketones is 1. The first-order chi connectivity index (χ1) is 14.8. The zero-order chi connectivity index (χ0) is 22.3. The molecule has 1 fully saturated rings. The van der Waals surface area contributed by atoms with Crippen molar-refractivity contribution < 1.29 is 28.3 Å². The van der Waals surface area contributed by atoms with Gasteiger partial charge in [0.2, 0.25) is 0 Å². The van der Waals surface area contributed by atoms with Crippen LogP contribution in [-0.4, -0.2) is 39.4 Å². The summed E-state index contributed by atoms with van der Waals surface area (Å²) in [6.07, 6.45) is 2.55. The Hall–Kier alpha value is -3.07. The molecule has 0 saturated heterocycles. The van der Waals surface area contributed by atoms with Crippen molar-refractivity contribution >= 4 is 23.3 Å². The fourth-order valence-electron chi connectivity index (χ4n) is 4.30. The van der Waals surface area contributed by atoms with Crippen molar-refractivity contribution in [3.8, 4) is 0 Å². The van der Waals surface area contributed by atoms with E-state index in [1.54, 1.807) is 11.5 Å². The lowest BCUT2D eigenvalue weighted by molar-refractivity contribution is -0.119. The second kappa shape index (κ2) is 8.22. The number of nitrogens with one attached hydrogen (secondary N) is 2. The summed E-state index contributed by atoms with van der Waals surface area (Å²) >= 11 is 0. The molecule has 31 heavy (non-hydrogen) atoms. The van der Waals surface area contributed by atoms with Crippen molar-refractivity contribution in [2.45, 2.75) is 57.7 Å². The van der Waals surface area contributed by atoms with Crippen molar-refractivity contribution in [1.82, 2.24) is 9.88 Å². The molecular weight excluding hydrogens is 408 g/mol. The van der Waals surface area contributed by atoms with Crippen molar-refractivity contribution in [2.75, 3.05) is 5.32 Å². The van der Waals surface area contributed by atoms with E-state index in [1.165, 1.54) is 6.07 Å². The standard InChI is InChI=1S/C22H23F2N3O4/c1-11-18(21(30)25-12-5-6-15(23)16(24)10-12)17-4-2-3-7-27(17)19(11)20(29)22(31)26-13-8-14(28)9-13/h5-6,10,13-14,28H,2-4,7-9H2,1H3,(H,25,30)(H,26,31)/t13-,14-. The molecule has 1 aliphatic carbocycles. The molecule has 164 valence electrons. The summed E-state index contributed by atoms with van der Waals surface area (Å²) in [5, 5.41) is 14.6. The largest absolute Gasteiger partial charge is 0.393 e. The Kier molecular flexibility index (Phi) is 5.62. The number of aliphatic hydroxyl groups is 1. The van der Waals surface area contributed by atoms with Crippen molar-refractivity contribution in [3.63, 3.8) is 0 Å². The van der Waals surface area contributed by atoms with Gasteiger partial charge in [0.05, 0.1) is 17.4 Å². The highest BCUT2D eigenvalue weighted by molar-refractivity contribution is 6.43. The van der Waals surface area contributed by atoms with E-state index >= 15 is 0 Å². The SMILES string of the molecule is Cc1c(C(=O)Nc2ccc(F)c(F)c2)c2n(c1C(=O)C(=O)N[C@H]1C[C@H](O)C1)CCCC2. The van der Waals surface area contributed by atoms with Gasteiger partial charge in [-0.05, 0) is 56.7 Å². The highest BCUT2D eigenvalue weighted by Crippen LogP contribution is 2.30. The van der Waals surface area contributed by atoms with Gasteiger partial charge < -0.3 is 20.3 Å². The minimum Gasteiger partial charge on any atom is -0.393 e. The normalized spacial score (nSPS) is 19.9. The number of rotatable bonds is 5. The molecule has 0 atom stereocenters. The number of carbonyl (C=O) groups is 3. The Morgan fingerprint density at radius 2 is 1.87 bits per heavy atom. The molecule has 2 amide bonds. The molecule has 1 aromatic carbocycles. The van der Waals surface area contributed by atoms with Gasteiger partial charge in [-0.2, -0.15) is 0 Å². The quantitative estimate of drug-likeness (QED) is 0.500. The van der Waals surface area contributed by atoms with E-state index < -0.39 is 35.3 Å². The van der Waals surface area contributed by atoms with Crippen molar-refractivity contribution in [1.29, 1.82) is 0 Å². The maximum atomic E-state index is 13.5. The van der Waals surface area contributed by atoms with Crippen LogP contribution < -0.4 is 10.6 Å². The van der Waals surface area contributed by atoms with Gasteiger partial charge in [0.25, 0.3) is 17.6 Å². The lowest BCUT2D eigenvalue weighted by Gasteiger charge is -2.31. The van der Waals surface area contributed by atoms with E-state index in [9.17, 15) is 28.3 Å². The fraction of sp³-hybridized carbons (Fsp3) is 0.409. The molecule has 2 aromatic rings. The van der Waals surface area contributed by atoms with Gasteiger partial charge in [-0.15, -0.1) is 0 Å². The molecule has 1 saturated carbocycles. The summed E-state index contributed by atoms with van der Waals surface area (Å²) in [5.74, 6) is -4.14. The molecule has 0 radical (unpaired) electrons. The van der Waals surface area contributed by atoms with Crippen LogP contribution in [0.4, 0.5) is 14.5 Å². The highest BCUT2D eigenvalue weighted by atomic mass is 19.2. The summed E-state index contributed by atoms with van der Waals surface area (Å²) in [6, 6.07) is 2.82. The van der Waals surface area contributed by atoms with Crippen LogP contribution in [0.3, 0.4) is 0 Å². The van der Waals surface area contributed by atoms with E-state index in [1.807, 2.05) is 0 Å². The number of hydrogen-bond acceptors (Lipinski definition) is 4. The number of fused-ring (bicyclic) bond motifs is 1. The number of nitrogens with zero attached hydrogens (tertiary/aromatic N) is 1. The number of hydrogen-bond donors (Lipinski definition) is 3. The molecule has 1 aliphatic heterocycles. The van der Waals surface area contributed by atoms with Gasteiger partial charge in [0.1, 0.15) is 0 Å². The van der Waals surface area contributed by atoms with Crippen LogP contribution in [0.5, 0.6) is 0 Å². The summed E-state index contributed by atoms with van der Waals surface area (Å²) in [6.45, 7) is 2.12. The highest BCUT2D eigenvalue weighted by Gasteiger charge is 2.35. The van der Waals surface area contributed by atoms with Gasteiger partial charge in [0, 0.05) is 30.0 Å². The van der Waals surface area contributed by atoms with Crippen LogP contribution in [0.2, 0.25) is 0 Å². The third-order valence-electron chi connectivity index (χ3n) is 5.93. The second-order valence-electron chi connectivity index (χ2n) is 8.11. The molecule has 0 spiro atoms. The number of aliphatic hydroxyl groups excluding tert-OH is 1.